The van der Waals surface area contributed by atoms with Crippen LogP contribution >= 0.6 is 35.2 Å². The third-order valence-electron chi connectivity index (χ3n) is 7.13. The van der Waals surface area contributed by atoms with Crippen molar-refractivity contribution in [2.24, 2.45) is 11.3 Å². The number of hydrogen-bond acceptors (Lipinski definition) is 7. The quantitative estimate of drug-likeness (QED) is 0.135. The van der Waals surface area contributed by atoms with Gasteiger partial charge in [0.2, 0.25) is 11.8 Å². The molecule has 2 aromatic carbocycles. The zero-order valence-corrected chi connectivity index (χ0v) is 31.1. The Kier molecular flexibility index (Phi) is 17.5. The molecule has 0 heterocycles. The first-order chi connectivity index (χ1) is 23.0. The second-order valence-electron chi connectivity index (χ2n) is 12.4. The number of ketones is 1. The highest BCUT2D eigenvalue weighted by atomic mass is 35.5. The van der Waals surface area contributed by atoms with Crippen molar-refractivity contribution in [2.75, 3.05) is 20.0 Å². The van der Waals surface area contributed by atoms with Gasteiger partial charge in [-0.05, 0) is 53.2 Å². The number of benzene rings is 2. The summed E-state index contributed by atoms with van der Waals surface area (Å²) in [5, 5.41) is 5.82. The summed E-state index contributed by atoms with van der Waals surface area (Å²) >= 11 is 12.3. The Hall–Kier alpha value is -3.14. The minimum atomic E-state index is -5.27. The van der Waals surface area contributed by atoms with Crippen molar-refractivity contribution >= 4 is 58.7 Å². The number of carbonyl (C=O) groups is 4. The van der Waals surface area contributed by atoms with Gasteiger partial charge in [0.1, 0.15) is 17.8 Å². The average molecular weight is 775 g/mol. The highest BCUT2D eigenvalue weighted by Gasteiger charge is 2.46. The van der Waals surface area contributed by atoms with Crippen LogP contribution in [0.3, 0.4) is 0 Å². The van der Waals surface area contributed by atoms with Gasteiger partial charge in [0.15, 0.2) is 0 Å². The van der Waals surface area contributed by atoms with Crippen LogP contribution in [0.1, 0.15) is 65.1 Å². The molecule has 0 aliphatic heterocycles. The predicted octanol–water partition coefficient (Wildman–Crippen LogP) is 7.45. The van der Waals surface area contributed by atoms with Crippen molar-refractivity contribution < 1.29 is 50.1 Å². The monoisotopic (exact) mass is 773 g/mol. The first-order valence-corrected chi connectivity index (χ1v) is 17.1. The van der Waals surface area contributed by atoms with E-state index in [0.717, 1.165) is 30.2 Å². The van der Waals surface area contributed by atoms with Crippen molar-refractivity contribution in [3.8, 4) is 5.75 Å². The summed E-state index contributed by atoms with van der Waals surface area (Å²) in [6.45, 7) is 10.8. The number of carbonyl (C=O) groups excluding carboxylic acids is 4. The number of nitrogens with one attached hydrogen (secondary N) is 3. The molecule has 0 spiro atoms. The molecule has 0 fully saturated rings. The number of alkyl halides is 5. The highest BCUT2D eigenvalue weighted by molar-refractivity contribution is 7.93. The van der Waals surface area contributed by atoms with Crippen molar-refractivity contribution in [3.63, 3.8) is 0 Å². The molecule has 3 N–H and O–H groups in total. The molecule has 3 amide bonds. The third kappa shape index (κ3) is 13.9. The number of Topliss-reactive ketones (excluding diaryl/α,β-unsaturated/α-hetero) is 1. The lowest BCUT2D eigenvalue weighted by molar-refractivity contribution is -0.175. The Morgan fingerprint density at radius 2 is 1.42 bits per heavy atom. The molecule has 280 valence electrons. The molecule has 0 aliphatic carbocycles. The van der Waals surface area contributed by atoms with E-state index in [9.17, 15) is 32.3 Å². The molecule has 0 saturated carbocycles. The van der Waals surface area contributed by atoms with Crippen LogP contribution in [-0.4, -0.2) is 61.7 Å². The second kappa shape index (κ2) is 19.5. The fraction of sp³-hybridized carbons (Fsp3) is 0.515. The van der Waals surface area contributed by atoms with E-state index >= 15 is 8.78 Å². The van der Waals surface area contributed by atoms with E-state index in [1.807, 2.05) is 10.6 Å². The Bertz CT molecular complexity index is 1460. The zero-order chi connectivity index (χ0) is 38.6. The van der Waals surface area contributed by atoms with E-state index in [1.54, 1.807) is 0 Å². The van der Waals surface area contributed by atoms with Gasteiger partial charge >= 0.3 is 12.1 Å². The van der Waals surface area contributed by atoms with E-state index in [2.05, 4.69) is 33.0 Å². The molecule has 2 aromatic rings. The fourth-order valence-electron chi connectivity index (χ4n) is 3.68. The summed E-state index contributed by atoms with van der Waals surface area (Å²) in [6.07, 6.45) is -2.56. The minimum Gasteiger partial charge on any atom is -0.497 e. The van der Waals surface area contributed by atoms with Gasteiger partial charge in [-0.3, -0.25) is 19.2 Å². The molecule has 17 heteroatoms. The molecule has 0 saturated heterocycles. The van der Waals surface area contributed by atoms with Gasteiger partial charge in [-0.25, -0.2) is 0 Å². The van der Waals surface area contributed by atoms with E-state index in [1.165, 1.54) is 57.9 Å². The zero-order valence-electron chi connectivity index (χ0n) is 28.8. The van der Waals surface area contributed by atoms with Gasteiger partial charge in [0, 0.05) is 11.8 Å². The number of rotatable bonds is 14. The number of ether oxygens (including phenoxy) is 1. The molecule has 0 aliphatic rings. The van der Waals surface area contributed by atoms with Gasteiger partial charge in [0.05, 0.1) is 29.8 Å². The number of amides is 3. The Morgan fingerprint density at radius 1 is 0.860 bits per heavy atom. The molecular formula is C33H42Cl2F5N3O6S. The molecule has 9 nitrogen and oxygen atoms in total. The van der Waals surface area contributed by atoms with Crippen LogP contribution in [-0.2, 0) is 29.3 Å². The summed E-state index contributed by atoms with van der Waals surface area (Å²) in [7, 11) is 1.35. The van der Waals surface area contributed by atoms with Crippen LogP contribution in [0.15, 0.2) is 42.5 Å². The maximum Gasteiger partial charge on any atom is 0.452 e. The lowest BCUT2D eigenvalue weighted by atomic mass is 9.94. The average Bonchev–Trinajstić information content (AvgIpc) is 3.04. The predicted molar refractivity (Wildman–Crippen MR) is 183 cm³/mol. The molecule has 2 rings (SSSR count). The summed E-state index contributed by atoms with van der Waals surface area (Å²) in [5.74, 6) is -11.5. The third-order valence-corrected chi connectivity index (χ3v) is 8.24. The van der Waals surface area contributed by atoms with Gasteiger partial charge in [-0.2, -0.15) is 22.0 Å². The Morgan fingerprint density at radius 3 is 1.86 bits per heavy atom. The SMILES string of the molecule is CCC(C)(C)C.COc1ccc(C(NC(=O)[C@H](COSC)NC(=O)C(F)(F)c2ccc(Cl)c(Cl)c2)C(=O)N[C@H](C(=O)C(F)(F)F)C(C)C)cc1. The first-order valence-electron chi connectivity index (χ1n) is 15.2. The summed E-state index contributed by atoms with van der Waals surface area (Å²) in [6, 6.07) is 2.48. The van der Waals surface area contributed by atoms with Crippen molar-refractivity contribution in [1.29, 1.82) is 0 Å². The summed E-state index contributed by atoms with van der Waals surface area (Å²) < 4.78 is 79.9. The van der Waals surface area contributed by atoms with Crippen LogP contribution in [0.2, 0.25) is 10.0 Å². The van der Waals surface area contributed by atoms with Crippen molar-refractivity contribution in [1.82, 2.24) is 16.0 Å². The van der Waals surface area contributed by atoms with Gasteiger partial charge in [-0.15, -0.1) is 0 Å². The smallest absolute Gasteiger partial charge is 0.452 e. The van der Waals surface area contributed by atoms with E-state index in [-0.39, 0.29) is 15.6 Å². The van der Waals surface area contributed by atoms with Crippen LogP contribution < -0.4 is 20.7 Å². The van der Waals surface area contributed by atoms with Crippen LogP contribution in [0, 0.1) is 11.3 Å². The largest absolute Gasteiger partial charge is 0.497 e. The second-order valence-corrected chi connectivity index (χ2v) is 13.8. The van der Waals surface area contributed by atoms with Gasteiger partial charge in [-0.1, -0.05) is 89.4 Å². The topological polar surface area (TPSA) is 123 Å². The molecule has 0 radical (unpaired) electrons. The van der Waals surface area contributed by atoms with Crippen LogP contribution in [0.5, 0.6) is 5.75 Å². The molecule has 3 atom stereocenters. The van der Waals surface area contributed by atoms with Crippen molar-refractivity contribution in [3.05, 3.63) is 63.6 Å². The molecular weight excluding hydrogens is 732 g/mol. The first kappa shape index (κ1) is 44.9. The summed E-state index contributed by atoms with van der Waals surface area (Å²) in [4.78, 5) is 51.3. The van der Waals surface area contributed by atoms with E-state index in [4.69, 9.17) is 32.1 Å². The van der Waals surface area contributed by atoms with E-state index < -0.39 is 71.8 Å². The number of halogens is 7. The maximum absolute atomic E-state index is 15.0. The van der Waals surface area contributed by atoms with Crippen LogP contribution in [0.25, 0.3) is 0 Å². The molecule has 1 unspecified atom stereocenters. The fourth-order valence-corrected chi connectivity index (χ4v) is 4.25. The molecule has 0 aromatic heterocycles. The maximum atomic E-state index is 15.0. The lowest BCUT2D eigenvalue weighted by Gasteiger charge is -2.27. The Labute approximate surface area is 302 Å². The Balaban J connectivity index is 0.00000190. The van der Waals surface area contributed by atoms with Gasteiger partial charge in [0.25, 0.3) is 11.7 Å². The van der Waals surface area contributed by atoms with Crippen LogP contribution in [0.4, 0.5) is 22.0 Å². The summed E-state index contributed by atoms with van der Waals surface area (Å²) in [5.41, 5.74) is -0.269. The number of methoxy groups -OCH3 is 1. The van der Waals surface area contributed by atoms with Crippen molar-refractivity contribution in [2.45, 2.75) is 78.2 Å². The number of hydrogen-bond donors (Lipinski definition) is 3. The lowest BCUT2D eigenvalue weighted by Crippen LogP contribution is -2.56. The standard InChI is InChI=1S/C27H28Cl2F5N3O6S.C6H14/c1-13(2)20(22(38)27(32,33)34)36-24(40)21(14-5-8-16(42-3)9-6-14)37-23(39)19(12-43-44-4)35-25(41)26(30,31)15-7-10-17(28)18(29)11-15;1-5-6(2,3)4/h5-11,13,19-21H,12H2,1-4H3,(H,35,41)(H,36,40)(H,37,39);5H2,1-4H3/t19-,20-,21?;/m0./s1. The minimum absolute atomic E-state index is 0.0237. The molecule has 0 bridgehead atoms. The van der Waals surface area contributed by atoms with Gasteiger partial charge < -0.3 is 24.9 Å². The molecule has 50 heavy (non-hydrogen) atoms. The highest BCUT2D eigenvalue weighted by Crippen LogP contribution is 2.33. The normalized spacial score (nSPS) is 13.7. The van der Waals surface area contributed by atoms with E-state index in [0.29, 0.717) is 11.2 Å².